The topological polar surface area (TPSA) is 29.1 Å². The van der Waals surface area contributed by atoms with Crippen LogP contribution < -0.4 is 5.32 Å². The van der Waals surface area contributed by atoms with Crippen LogP contribution in [0.2, 0.25) is 5.02 Å². The molecule has 3 unspecified atom stereocenters. The number of rotatable bonds is 3. The zero-order valence-corrected chi connectivity index (χ0v) is 17.8. The molecule has 4 rings (SSSR count). The molecule has 1 N–H and O–H groups in total. The Labute approximate surface area is 161 Å². The number of anilines is 1. The first-order valence-corrected chi connectivity index (χ1v) is 10.3. The molecule has 120 valence electrons. The average Bonchev–Trinajstić information content (AvgIpc) is 2.91. The number of benzene rings is 1. The number of fused-ring (bicyclic) bond motifs is 1. The molecule has 0 radical (unpaired) electrons. The molecule has 2 bridgehead atoms. The maximum absolute atomic E-state index is 13.1. The standard InChI is InChI=1S/C16H17Br3ClNO/c1-14(2)15(12(18)19)7-8-16(14,11(15)17)13(22)21-10-6-4-3-5-9(10)20/h3-6,11-12H,7-8H2,1-2H3,(H,21,22). The van der Waals surface area contributed by atoms with Gasteiger partial charge in [-0.3, -0.25) is 4.79 Å². The lowest BCUT2D eigenvalue weighted by atomic mass is 9.43. The van der Waals surface area contributed by atoms with E-state index >= 15 is 0 Å². The van der Waals surface area contributed by atoms with Gasteiger partial charge < -0.3 is 5.32 Å². The number of hydrogen-bond donors (Lipinski definition) is 1. The predicted molar refractivity (Wildman–Crippen MR) is 102 cm³/mol. The average molecular weight is 514 g/mol. The summed E-state index contributed by atoms with van der Waals surface area (Å²) in [6.07, 6.45) is 1.88. The molecule has 0 spiro atoms. The first kappa shape index (κ1) is 17.2. The number of halogens is 4. The maximum Gasteiger partial charge on any atom is 0.232 e. The predicted octanol–water partition coefficient (Wildman–Crippen LogP) is 5.96. The molecular weight excluding hydrogens is 497 g/mol. The fourth-order valence-corrected chi connectivity index (χ4v) is 9.59. The van der Waals surface area contributed by atoms with Crippen LogP contribution in [0, 0.1) is 16.2 Å². The molecule has 3 fully saturated rings. The Bertz CT molecular complexity index is 636. The summed E-state index contributed by atoms with van der Waals surface area (Å²) in [4.78, 5) is 13.2. The zero-order chi connectivity index (χ0) is 16.3. The Morgan fingerprint density at radius 2 is 1.95 bits per heavy atom. The molecule has 0 saturated heterocycles. The van der Waals surface area contributed by atoms with Crippen molar-refractivity contribution in [1.29, 1.82) is 0 Å². The molecule has 3 atom stereocenters. The monoisotopic (exact) mass is 511 g/mol. The van der Waals surface area contributed by atoms with E-state index in [-0.39, 0.29) is 25.3 Å². The summed E-state index contributed by atoms with van der Waals surface area (Å²) >= 11 is 17.4. The molecule has 2 nitrogen and oxygen atoms in total. The van der Waals surface area contributed by atoms with E-state index < -0.39 is 5.41 Å². The van der Waals surface area contributed by atoms with Gasteiger partial charge in [0.15, 0.2) is 0 Å². The van der Waals surface area contributed by atoms with Crippen LogP contribution >= 0.6 is 59.4 Å². The molecule has 3 aliphatic rings. The molecule has 3 saturated carbocycles. The number of alkyl halides is 3. The Morgan fingerprint density at radius 1 is 1.32 bits per heavy atom. The molecule has 22 heavy (non-hydrogen) atoms. The van der Waals surface area contributed by atoms with Crippen LogP contribution in [0.4, 0.5) is 5.69 Å². The van der Waals surface area contributed by atoms with E-state index in [1.807, 2.05) is 18.2 Å². The van der Waals surface area contributed by atoms with Gasteiger partial charge in [0, 0.05) is 10.2 Å². The molecule has 6 heteroatoms. The van der Waals surface area contributed by atoms with Gasteiger partial charge in [-0.1, -0.05) is 85.4 Å². The quantitative estimate of drug-likeness (QED) is 0.496. The van der Waals surface area contributed by atoms with Crippen LogP contribution in [0.1, 0.15) is 26.7 Å². The third-order valence-corrected chi connectivity index (χ3v) is 9.58. The van der Waals surface area contributed by atoms with Gasteiger partial charge in [-0.05, 0) is 30.4 Å². The highest BCUT2D eigenvalue weighted by molar-refractivity contribution is 9.24. The Balaban J connectivity index is 1.93. The highest BCUT2D eigenvalue weighted by atomic mass is 79.9. The van der Waals surface area contributed by atoms with E-state index in [1.54, 1.807) is 6.07 Å². The summed E-state index contributed by atoms with van der Waals surface area (Å²) < 4.78 is 0.176. The van der Waals surface area contributed by atoms with Gasteiger partial charge in [0.1, 0.15) is 0 Å². The minimum Gasteiger partial charge on any atom is -0.324 e. The van der Waals surface area contributed by atoms with E-state index in [0.29, 0.717) is 10.7 Å². The molecular formula is C16H17Br3ClNO. The lowest BCUT2D eigenvalue weighted by molar-refractivity contribution is -0.155. The SMILES string of the molecule is CC1(C)C2(C(=O)Nc3ccccc3Cl)CCC1(C(Br)Br)C2Br. The van der Waals surface area contributed by atoms with E-state index in [2.05, 4.69) is 67.0 Å². The number of hydrogen-bond acceptors (Lipinski definition) is 1. The van der Waals surface area contributed by atoms with Crippen molar-refractivity contribution in [2.45, 2.75) is 35.3 Å². The van der Waals surface area contributed by atoms with Gasteiger partial charge in [-0.15, -0.1) is 0 Å². The van der Waals surface area contributed by atoms with Crippen molar-refractivity contribution in [1.82, 2.24) is 0 Å². The zero-order valence-electron chi connectivity index (χ0n) is 12.3. The number of amides is 1. The van der Waals surface area contributed by atoms with Crippen molar-refractivity contribution in [2.75, 3.05) is 5.32 Å². The molecule has 0 aliphatic heterocycles. The van der Waals surface area contributed by atoms with Gasteiger partial charge in [-0.2, -0.15) is 0 Å². The summed E-state index contributed by atoms with van der Waals surface area (Å²) in [5.41, 5.74) is 0.186. The highest BCUT2D eigenvalue weighted by Gasteiger charge is 2.83. The normalized spacial score (nSPS) is 35.3. The van der Waals surface area contributed by atoms with Crippen molar-refractivity contribution in [2.24, 2.45) is 16.2 Å². The number of para-hydroxylation sites is 1. The van der Waals surface area contributed by atoms with Gasteiger partial charge in [-0.25, -0.2) is 0 Å². The lowest BCUT2D eigenvalue weighted by Crippen LogP contribution is -2.71. The largest absolute Gasteiger partial charge is 0.324 e. The van der Waals surface area contributed by atoms with Crippen molar-refractivity contribution in [3.8, 4) is 0 Å². The second-order valence-electron chi connectivity index (χ2n) is 6.73. The second-order valence-corrected chi connectivity index (χ2v) is 11.1. The van der Waals surface area contributed by atoms with E-state index in [4.69, 9.17) is 11.6 Å². The summed E-state index contributed by atoms with van der Waals surface area (Å²) in [7, 11) is 0. The Morgan fingerprint density at radius 3 is 2.45 bits per heavy atom. The van der Waals surface area contributed by atoms with Crippen LogP contribution in [0.5, 0.6) is 0 Å². The third kappa shape index (κ3) is 1.86. The number of carbonyl (C=O) groups excluding carboxylic acids is 1. The van der Waals surface area contributed by atoms with Gasteiger partial charge in [0.2, 0.25) is 5.91 Å². The highest BCUT2D eigenvalue weighted by Crippen LogP contribution is 2.82. The smallest absolute Gasteiger partial charge is 0.232 e. The van der Waals surface area contributed by atoms with Crippen LogP contribution in [-0.2, 0) is 4.79 Å². The van der Waals surface area contributed by atoms with E-state index in [9.17, 15) is 4.79 Å². The fraction of sp³-hybridized carbons (Fsp3) is 0.562. The summed E-state index contributed by atoms with van der Waals surface area (Å²) in [5, 5.41) is 3.61. The van der Waals surface area contributed by atoms with E-state index in [1.165, 1.54) is 0 Å². The van der Waals surface area contributed by atoms with E-state index in [0.717, 1.165) is 12.8 Å². The molecule has 1 aromatic rings. The van der Waals surface area contributed by atoms with Gasteiger partial charge in [0.25, 0.3) is 0 Å². The second kappa shape index (κ2) is 5.47. The summed E-state index contributed by atoms with van der Waals surface area (Å²) in [6.45, 7) is 4.39. The molecule has 1 aromatic carbocycles. The van der Waals surface area contributed by atoms with Gasteiger partial charge in [0.05, 0.1) is 19.9 Å². The molecule has 3 aliphatic carbocycles. The maximum atomic E-state index is 13.1. The first-order valence-electron chi connectivity index (χ1n) is 7.20. The van der Waals surface area contributed by atoms with Crippen LogP contribution in [0.15, 0.2) is 24.3 Å². The van der Waals surface area contributed by atoms with Crippen molar-refractivity contribution in [3.63, 3.8) is 0 Å². The van der Waals surface area contributed by atoms with Gasteiger partial charge >= 0.3 is 0 Å². The van der Waals surface area contributed by atoms with Crippen LogP contribution in [-0.4, -0.2) is 14.5 Å². The number of carbonyl (C=O) groups is 1. The summed E-state index contributed by atoms with van der Waals surface area (Å²) in [6, 6.07) is 7.37. The lowest BCUT2D eigenvalue weighted by Gasteiger charge is -2.66. The fourth-order valence-electron chi connectivity index (χ4n) is 4.49. The van der Waals surface area contributed by atoms with Crippen LogP contribution in [0.3, 0.4) is 0 Å². The van der Waals surface area contributed by atoms with Crippen molar-refractivity contribution in [3.05, 3.63) is 29.3 Å². The van der Waals surface area contributed by atoms with Crippen molar-refractivity contribution >= 4 is 71.0 Å². The summed E-state index contributed by atoms with van der Waals surface area (Å²) in [5.74, 6) is 0.0567. The van der Waals surface area contributed by atoms with Crippen molar-refractivity contribution < 1.29 is 4.79 Å². The molecule has 0 heterocycles. The Hall–Kier alpha value is 0.420. The third-order valence-electron chi connectivity index (χ3n) is 6.01. The number of nitrogens with one attached hydrogen (secondary N) is 1. The Kier molecular flexibility index (Phi) is 4.29. The van der Waals surface area contributed by atoms with Crippen LogP contribution in [0.25, 0.3) is 0 Å². The molecule has 0 aromatic heterocycles. The molecule has 1 amide bonds. The first-order chi connectivity index (χ1) is 10.2. The minimum absolute atomic E-state index is 0.0326. The minimum atomic E-state index is -0.411.